The molecule has 25 heavy (non-hydrogen) atoms. The summed E-state index contributed by atoms with van der Waals surface area (Å²) in [5.74, 6) is -0.0181. The minimum Gasteiger partial charge on any atom is -0.351 e. The summed E-state index contributed by atoms with van der Waals surface area (Å²) < 4.78 is 0. The first-order valence-electron chi connectivity index (χ1n) is 8.88. The molecule has 1 aromatic heterocycles. The predicted octanol–water partition coefficient (Wildman–Crippen LogP) is 3.73. The molecule has 3 aromatic rings. The van der Waals surface area contributed by atoms with Gasteiger partial charge >= 0.3 is 0 Å². The standard InChI is InChI=1S/C21H23N3O/c1-15(16-7-3-2-4-8-16)24-12-11-18(14-24)22-21(25)20-13-17-9-5-6-10-19(17)23-20/h2-10,13,15,18,23H,11-12,14H2,1H3,(H,22,25). The average Bonchev–Trinajstić information content (AvgIpc) is 3.28. The molecule has 0 radical (unpaired) electrons. The summed E-state index contributed by atoms with van der Waals surface area (Å²) in [6, 6.07) is 21.0. The predicted molar refractivity (Wildman–Crippen MR) is 101 cm³/mol. The number of benzene rings is 2. The van der Waals surface area contributed by atoms with Gasteiger partial charge in [-0.3, -0.25) is 9.69 Å². The third-order valence-corrected chi connectivity index (χ3v) is 5.16. The molecule has 1 aliphatic rings. The molecule has 4 rings (SSSR count). The molecule has 2 unspecified atom stereocenters. The van der Waals surface area contributed by atoms with Crippen molar-refractivity contribution in [2.45, 2.75) is 25.4 Å². The summed E-state index contributed by atoms with van der Waals surface area (Å²) >= 11 is 0. The lowest BCUT2D eigenvalue weighted by atomic mass is 10.1. The number of aromatic nitrogens is 1. The maximum absolute atomic E-state index is 12.6. The van der Waals surface area contributed by atoms with E-state index in [0.717, 1.165) is 30.4 Å². The lowest BCUT2D eigenvalue weighted by Gasteiger charge is -2.24. The smallest absolute Gasteiger partial charge is 0.267 e. The van der Waals surface area contributed by atoms with Crippen molar-refractivity contribution in [1.29, 1.82) is 0 Å². The van der Waals surface area contributed by atoms with Crippen LogP contribution >= 0.6 is 0 Å². The van der Waals surface area contributed by atoms with Crippen molar-refractivity contribution < 1.29 is 4.79 Å². The van der Waals surface area contributed by atoms with Crippen LogP contribution in [0.15, 0.2) is 60.7 Å². The number of rotatable bonds is 4. The van der Waals surface area contributed by atoms with Gasteiger partial charge in [0.1, 0.15) is 5.69 Å². The van der Waals surface area contributed by atoms with Crippen molar-refractivity contribution in [3.63, 3.8) is 0 Å². The Morgan fingerprint density at radius 2 is 1.92 bits per heavy atom. The van der Waals surface area contributed by atoms with E-state index in [9.17, 15) is 4.79 Å². The number of carbonyl (C=O) groups is 1. The molecule has 4 nitrogen and oxygen atoms in total. The van der Waals surface area contributed by atoms with Crippen LogP contribution in [-0.4, -0.2) is 34.9 Å². The monoisotopic (exact) mass is 333 g/mol. The lowest BCUT2D eigenvalue weighted by Crippen LogP contribution is -2.37. The fourth-order valence-corrected chi connectivity index (χ4v) is 3.66. The number of nitrogens with one attached hydrogen (secondary N) is 2. The molecule has 1 amide bonds. The number of carbonyl (C=O) groups excluding carboxylic acids is 1. The zero-order chi connectivity index (χ0) is 17.2. The number of hydrogen-bond acceptors (Lipinski definition) is 2. The van der Waals surface area contributed by atoms with Crippen LogP contribution in [-0.2, 0) is 0 Å². The van der Waals surface area contributed by atoms with Crippen LogP contribution in [0.3, 0.4) is 0 Å². The molecule has 1 aliphatic heterocycles. The van der Waals surface area contributed by atoms with Gasteiger partial charge in [0.05, 0.1) is 0 Å². The van der Waals surface area contributed by atoms with Crippen LogP contribution in [0.2, 0.25) is 0 Å². The number of nitrogens with zero attached hydrogens (tertiary/aromatic N) is 1. The Morgan fingerprint density at radius 3 is 2.72 bits per heavy atom. The molecular formula is C21H23N3O. The van der Waals surface area contributed by atoms with Crippen molar-refractivity contribution in [1.82, 2.24) is 15.2 Å². The van der Waals surface area contributed by atoms with Crippen molar-refractivity contribution >= 4 is 16.8 Å². The highest BCUT2D eigenvalue weighted by molar-refractivity contribution is 5.98. The molecule has 4 heteroatoms. The Bertz CT molecular complexity index is 838. The van der Waals surface area contributed by atoms with Crippen LogP contribution in [0.1, 0.15) is 35.4 Å². The van der Waals surface area contributed by atoms with Gasteiger partial charge < -0.3 is 10.3 Å². The first-order chi connectivity index (χ1) is 12.2. The quantitative estimate of drug-likeness (QED) is 0.764. The largest absolute Gasteiger partial charge is 0.351 e. The van der Waals surface area contributed by atoms with E-state index in [2.05, 4.69) is 46.4 Å². The Kier molecular flexibility index (Phi) is 4.28. The molecule has 1 fully saturated rings. The zero-order valence-electron chi connectivity index (χ0n) is 14.4. The summed E-state index contributed by atoms with van der Waals surface area (Å²) in [4.78, 5) is 18.2. The number of para-hydroxylation sites is 1. The van der Waals surface area contributed by atoms with E-state index in [0.29, 0.717) is 11.7 Å². The third kappa shape index (κ3) is 3.30. The van der Waals surface area contributed by atoms with Gasteiger partial charge in [-0.25, -0.2) is 0 Å². The second-order valence-corrected chi connectivity index (χ2v) is 6.81. The number of hydrogen-bond donors (Lipinski definition) is 2. The normalized spacial score (nSPS) is 19.2. The van der Waals surface area contributed by atoms with Crippen molar-refractivity contribution in [2.75, 3.05) is 13.1 Å². The summed E-state index contributed by atoms with van der Waals surface area (Å²) in [7, 11) is 0. The van der Waals surface area contributed by atoms with Crippen molar-refractivity contribution in [3.8, 4) is 0 Å². The Balaban J connectivity index is 1.39. The van der Waals surface area contributed by atoms with Gasteiger partial charge in [0, 0.05) is 36.1 Å². The summed E-state index contributed by atoms with van der Waals surface area (Å²) in [5.41, 5.74) is 2.96. The first-order valence-corrected chi connectivity index (χ1v) is 8.88. The van der Waals surface area contributed by atoms with E-state index in [1.165, 1.54) is 5.56 Å². The highest BCUT2D eigenvalue weighted by atomic mass is 16.2. The second-order valence-electron chi connectivity index (χ2n) is 6.81. The lowest BCUT2D eigenvalue weighted by molar-refractivity contribution is 0.0932. The minimum atomic E-state index is -0.0181. The van der Waals surface area contributed by atoms with Gasteiger partial charge in [-0.05, 0) is 31.0 Å². The molecule has 0 saturated carbocycles. The molecule has 2 atom stereocenters. The maximum Gasteiger partial charge on any atom is 0.267 e. The van der Waals surface area contributed by atoms with Gasteiger partial charge in [0.15, 0.2) is 0 Å². The van der Waals surface area contributed by atoms with Crippen LogP contribution in [0, 0.1) is 0 Å². The summed E-state index contributed by atoms with van der Waals surface area (Å²) in [5, 5.41) is 4.25. The highest BCUT2D eigenvalue weighted by Crippen LogP contribution is 2.24. The third-order valence-electron chi connectivity index (χ3n) is 5.16. The number of fused-ring (bicyclic) bond motifs is 1. The number of aromatic amines is 1. The topological polar surface area (TPSA) is 48.1 Å². The number of likely N-dealkylation sites (tertiary alicyclic amines) is 1. The molecule has 0 spiro atoms. The van der Waals surface area contributed by atoms with Crippen LogP contribution in [0.25, 0.3) is 10.9 Å². The Hall–Kier alpha value is -2.59. The maximum atomic E-state index is 12.6. The first kappa shape index (κ1) is 15.9. The van der Waals surface area contributed by atoms with Crippen molar-refractivity contribution in [2.24, 2.45) is 0 Å². The van der Waals surface area contributed by atoms with Crippen molar-refractivity contribution in [3.05, 3.63) is 71.9 Å². The number of H-pyrrole nitrogens is 1. The summed E-state index contributed by atoms with van der Waals surface area (Å²) in [6.07, 6.45) is 0.989. The van der Waals surface area contributed by atoms with E-state index in [-0.39, 0.29) is 11.9 Å². The molecule has 0 bridgehead atoms. The van der Waals surface area contributed by atoms with Crippen LogP contribution in [0.5, 0.6) is 0 Å². The van der Waals surface area contributed by atoms with Crippen LogP contribution in [0.4, 0.5) is 0 Å². The van der Waals surface area contributed by atoms with E-state index >= 15 is 0 Å². The second kappa shape index (κ2) is 6.73. The zero-order valence-corrected chi connectivity index (χ0v) is 14.4. The van der Waals surface area contributed by atoms with Gasteiger partial charge in [-0.2, -0.15) is 0 Å². The van der Waals surface area contributed by atoms with E-state index < -0.39 is 0 Å². The van der Waals surface area contributed by atoms with Gasteiger partial charge in [0.2, 0.25) is 0 Å². The van der Waals surface area contributed by atoms with Gasteiger partial charge in [0.25, 0.3) is 5.91 Å². The fraction of sp³-hybridized carbons (Fsp3) is 0.286. The van der Waals surface area contributed by atoms with E-state index in [1.807, 2.05) is 36.4 Å². The number of amides is 1. The Labute approximate surface area is 147 Å². The van der Waals surface area contributed by atoms with E-state index in [1.54, 1.807) is 0 Å². The molecule has 1 saturated heterocycles. The highest BCUT2D eigenvalue weighted by Gasteiger charge is 2.28. The molecule has 2 heterocycles. The fourth-order valence-electron chi connectivity index (χ4n) is 3.66. The average molecular weight is 333 g/mol. The molecular weight excluding hydrogens is 310 g/mol. The minimum absolute atomic E-state index is 0.0181. The SMILES string of the molecule is CC(c1ccccc1)N1CCC(NC(=O)c2cc3ccccc3[nH]2)C1. The molecule has 128 valence electrons. The molecule has 2 aromatic carbocycles. The van der Waals surface area contributed by atoms with Gasteiger partial charge in [-0.1, -0.05) is 48.5 Å². The molecule has 0 aliphatic carbocycles. The van der Waals surface area contributed by atoms with Crippen LogP contribution < -0.4 is 5.32 Å². The summed E-state index contributed by atoms with van der Waals surface area (Å²) in [6.45, 7) is 4.13. The Morgan fingerprint density at radius 1 is 1.16 bits per heavy atom. The van der Waals surface area contributed by atoms with E-state index in [4.69, 9.17) is 0 Å². The molecule has 2 N–H and O–H groups in total. The van der Waals surface area contributed by atoms with Gasteiger partial charge in [-0.15, -0.1) is 0 Å².